The molecule has 184 valence electrons. The fourth-order valence-corrected chi connectivity index (χ4v) is 4.36. The molecule has 4 nitrogen and oxygen atoms in total. The number of nitrogens with one attached hydrogen (secondary N) is 1. The summed E-state index contributed by atoms with van der Waals surface area (Å²) in [6.07, 6.45) is 4.19. The summed E-state index contributed by atoms with van der Waals surface area (Å²) in [5.74, 6) is 0.556. The lowest BCUT2D eigenvalue weighted by Crippen LogP contribution is -2.51. The average molecular weight is 476 g/mol. The number of ether oxygens (including phenoxy) is 3. The van der Waals surface area contributed by atoms with Gasteiger partial charge in [0, 0.05) is 17.8 Å². The van der Waals surface area contributed by atoms with Crippen molar-refractivity contribution in [3.05, 3.63) is 107 Å². The number of fused-ring (bicyclic) bond motifs is 1. The molecule has 2 unspecified atom stereocenters. The molecular weight excluding hydrogens is 441 g/mol. The molecule has 1 N–H and O–H groups in total. The highest BCUT2D eigenvalue weighted by Gasteiger charge is 2.45. The Morgan fingerprint density at radius 2 is 1.77 bits per heavy atom. The third-order valence-corrected chi connectivity index (χ3v) is 6.17. The molecule has 0 fully saturated rings. The van der Waals surface area contributed by atoms with Crippen molar-refractivity contribution in [1.82, 2.24) is 0 Å². The zero-order valence-corrected chi connectivity index (χ0v) is 20.7. The van der Waals surface area contributed by atoms with Crippen LogP contribution in [0, 0.1) is 5.82 Å². The lowest BCUT2D eigenvalue weighted by molar-refractivity contribution is -0.157. The summed E-state index contributed by atoms with van der Waals surface area (Å²) in [6.45, 7) is 7.63. The minimum atomic E-state index is -0.567. The lowest BCUT2D eigenvalue weighted by Gasteiger charge is -2.44. The Hall–Kier alpha value is -3.15. The number of hydrogen-bond donors (Lipinski definition) is 1. The summed E-state index contributed by atoms with van der Waals surface area (Å²) in [4.78, 5) is 0. The SMILES string of the molecule is C/C=C/COC1C(OCCc2ccccc2)c2cc(NCc3cccc(F)c3)ccc2OC1(C)C. The van der Waals surface area contributed by atoms with Gasteiger partial charge in [0.05, 0.1) is 13.2 Å². The molecule has 1 heterocycles. The Bertz CT molecular complexity index is 1130. The van der Waals surface area contributed by atoms with Gasteiger partial charge >= 0.3 is 0 Å². The van der Waals surface area contributed by atoms with Crippen molar-refractivity contribution in [2.24, 2.45) is 0 Å². The van der Waals surface area contributed by atoms with Gasteiger partial charge < -0.3 is 19.5 Å². The number of hydrogen-bond acceptors (Lipinski definition) is 4. The average Bonchev–Trinajstić information content (AvgIpc) is 2.85. The maximum atomic E-state index is 13.6. The van der Waals surface area contributed by atoms with Gasteiger partial charge in [-0.05, 0) is 68.7 Å². The van der Waals surface area contributed by atoms with Crippen LogP contribution in [0.25, 0.3) is 0 Å². The van der Waals surface area contributed by atoms with Crippen LogP contribution in [0.1, 0.15) is 43.6 Å². The molecule has 2 atom stereocenters. The van der Waals surface area contributed by atoms with Gasteiger partial charge in [0.15, 0.2) is 0 Å². The third-order valence-electron chi connectivity index (χ3n) is 6.17. The second-order valence-corrected chi connectivity index (χ2v) is 9.29. The summed E-state index contributed by atoms with van der Waals surface area (Å²) in [7, 11) is 0. The molecule has 1 aliphatic rings. The highest BCUT2D eigenvalue weighted by molar-refractivity contribution is 5.54. The summed E-state index contributed by atoms with van der Waals surface area (Å²) in [6, 6.07) is 23.0. The van der Waals surface area contributed by atoms with Crippen LogP contribution < -0.4 is 10.1 Å². The first kappa shape index (κ1) is 25.0. The van der Waals surface area contributed by atoms with Crippen LogP contribution in [-0.4, -0.2) is 24.9 Å². The number of halogens is 1. The van der Waals surface area contributed by atoms with E-state index >= 15 is 0 Å². The first-order valence-electron chi connectivity index (χ1n) is 12.2. The van der Waals surface area contributed by atoms with Crippen molar-refractivity contribution < 1.29 is 18.6 Å². The molecule has 3 aromatic rings. The van der Waals surface area contributed by atoms with Crippen LogP contribution in [-0.2, 0) is 22.4 Å². The van der Waals surface area contributed by atoms with E-state index in [4.69, 9.17) is 14.2 Å². The zero-order valence-electron chi connectivity index (χ0n) is 20.7. The highest BCUT2D eigenvalue weighted by atomic mass is 19.1. The third kappa shape index (κ3) is 6.50. The van der Waals surface area contributed by atoms with Gasteiger partial charge in [0.1, 0.15) is 29.4 Å². The number of rotatable bonds is 10. The van der Waals surface area contributed by atoms with Crippen molar-refractivity contribution >= 4 is 5.69 Å². The molecule has 0 bridgehead atoms. The monoisotopic (exact) mass is 475 g/mol. The summed E-state index contributed by atoms with van der Waals surface area (Å²) >= 11 is 0. The largest absolute Gasteiger partial charge is 0.485 e. The van der Waals surface area contributed by atoms with Crippen molar-refractivity contribution in [1.29, 1.82) is 0 Å². The maximum absolute atomic E-state index is 13.6. The molecule has 1 aliphatic heterocycles. The summed E-state index contributed by atoms with van der Waals surface area (Å²) in [5, 5.41) is 3.40. The van der Waals surface area contributed by atoms with Crippen molar-refractivity contribution in [2.45, 2.75) is 51.5 Å². The van der Waals surface area contributed by atoms with Gasteiger partial charge in [-0.3, -0.25) is 0 Å². The molecule has 0 amide bonds. The van der Waals surface area contributed by atoms with E-state index in [2.05, 4.69) is 23.5 Å². The van der Waals surface area contributed by atoms with E-state index in [-0.39, 0.29) is 18.0 Å². The van der Waals surface area contributed by atoms with E-state index < -0.39 is 5.60 Å². The minimum Gasteiger partial charge on any atom is -0.485 e. The Balaban J connectivity index is 1.56. The van der Waals surface area contributed by atoms with Gasteiger partial charge in [-0.25, -0.2) is 4.39 Å². The van der Waals surface area contributed by atoms with Crippen LogP contribution in [0.5, 0.6) is 5.75 Å². The molecule has 35 heavy (non-hydrogen) atoms. The van der Waals surface area contributed by atoms with Crippen molar-refractivity contribution in [2.75, 3.05) is 18.5 Å². The number of benzene rings is 3. The predicted octanol–water partition coefficient (Wildman–Crippen LogP) is 6.87. The van der Waals surface area contributed by atoms with E-state index in [1.807, 2.05) is 69.3 Å². The second-order valence-electron chi connectivity index (χ2n) is 9.29. The molecule has 4 rings (SSSR count). The molecule has 0 spiro atoms. The quantitative estimate of drug-likeness (QED) is 0.325. The first-order chi connectivity index (χ1) is 17.0. The molecule has 0 saturated carbocycles. The summed E-state index contributed by atoms with van der Waals surface area (Å²) < 4.78 is 32.8. The van der Waals surface area contributed by atoms with Gasteiger partial charge in [0.2, 0.25) is 0 Å². The standard InChI is InChI=1S/C30H34FNO3/c1-4-5-17-34-29-28(33-18-16-22-10-7-6-8-11-22)26-20-25(14-15-27(26)35-30(29,2)3)32-21-23-12-9-13-24(31)19-23/h4-15,19-20,28-29,32H,16-18,21H2,1-3H3/b5-4+. The minimum absolute atomic E-state index is 0.238. The molecule has 0 aromatic heterocycles. The number of allylic oxidation sites excluding steroid dienone is 1. The fraction of sp³-hybridized carbons (Fsp3) is 0.333. The van der Waals surface area contributed by atoms with Gasteiger partial charge in [-0.2, -0.15) is 0 Å². The van der Waals surface area contributed by atoms with E-state index in [9.17, 15) is 4.39 Å². The van der Waals surface area contributed by atoms with Crippen LogP contribution in [0.4, 0.5) is 10.1 Å². The van der Waals surface area contributed by atoms with Gasteiger partial charge in [0.25, 0.3) is 0 Å². The van der Waals surface area contributed by atoms with E-state index in [1.54, 1.807) is 6.07 Å². The highest BCUT2D eigenvalue weighted by Crippen LogP contribution is 2.44. The Morgan fingerprint density at radius 1 is 0.971 bits per heavy atom. The van der Waals surface area contributed by atoms with E-state index in [0.717, 1.165) is 29.0 Å². The van der Waals surface area contributed by atoms with Crippen LogP contribution in [0.3, 0.4) is 0 Å². The predicted molar refractivity (Wildman–Crippen MR) is 138 cm³/mol. The maximum Gasteiger partial charge on any atom is 0.132 e. The van der Waals surface area contributed by atoms with Crippen LogP contribution >= 0.6 is 0 Å². The molecule has 5 heteroatoms. The zero-order chi connectivity index (χ0) is 24.7. The van der Waals surface area contributed by atoms with E-state index in [0.29, 0.717) is 19.8 Å². The molecule has 0 aliphatic carbocycles. The number of anilines is 1. The van der Waals surface area contributed by atoms with Crippen LogP contribution in [0.15, 0.2) is 84.9 Å². The second kappa shape index (κ2) is 11.5. The first-order valence-corrected chi connectivity index (χ1v) is 12.2. The summed E-state index contributed by atoms with van der Waals surface area (Å²) in [5.41, 5.74) is 3.41. The Morgan fingerprint density at radius 3 is 2.54 bits per heavy atom. The van der Waals surface area contributed by atoms with Crippen molar-refractivity contribution in [3.8, 4) is 5.75 Å². The van der Waals surface area contributed by atoms with Crippen molar-refractivity contribution in [3.63, 3.8) is 0 Å². The topological polar surface area (TPSA) is 39.7 Å². The van der Waals surface area contributed by atoms with Gasteiger partial charge in [-0.1, -0.05) is 54.6 Å². The smallest absolute Gasteiger partial charge is 0.132 e. The molecular formula is C30H34FNO3. The molecule has 0 saturated heterocycles. The molecule has 3 aromatic carbocycles. The van der Waals surface area contributed by atoms with E-state index in [1.165, 1.54) is 17.7 Å². The van der Waals surface area contributed by atoms with Crippen LogP contribution in [0.2, 0.25) is 0 Å². The fourth-order valence-electron chi connectivity index (χ4n) is 4.36. The normalized spacial score (nSPS) is 18.7. The Kier molecular flexibility index (Phi) is 8.21. The molecule has 0 radical (unpaired) electrons. The lowest BCUT2D eigenvalue weighted by atomic mass is 9.87. The Labute approximate surface area is 207 Å². The van der Waals surface area contributed by atoms with Gasteiger partial charge in [-0.15, -0.1) is 0 Å².